The van der Waals surface area contributed by atoms with Crippen LogP contribution in [0.1, 0.15) is 13.7 Å². The Morgan fingerprint density at radius 1 is 0.477 bits per heavy atom. The van der Waals surface area contributed by atoms with Crippen LogP contribution in [0, 0.1) is 0 Å². The Labute approximate surface area is 271 Å². The molecule has 0 spiro atoms. The average Bonchev–Trinajstić information content (AvgIpc) is 3.71. The van der Waals surface area contributed by atoms with Crippen molar-refractivity contribution in [2.24, 2.45) is 0 Å². The van der Waals surface area contributed by atoms with E-state index in [1.165, 1.54) is 15.5 Å². The zero-order valence-corrected chi connectivity index (χ0v) is 23.6. The maximum absolute atomic E-state index is 8.64. The van der Waals surface area contributed by atoms with Gasteiger partial charge in [0.05, 0.1) is 24.7 Å². The van der Waals surface area contributed by atoms with Gasteiger partial charge in [-0.2, -0.15) is 0 Å². The molecule has 206 valence electrons. The minimum Gasteiger partial charge on any atom is -0.309 e. The first-order chi connectivity index (χ1) is 25.9. The summed E-state index contributed by atoms with van der Waals surface area (Å²) in [5.74, 6) is -0.621. The smallest absolute Gasteiger partial charge is 0.164 e. The van der Waals surface area contributed by atoms with Crippen LogP contribution in [0.25, 0.3) is 81.8 Å². The van der Waals surface area contributed by atoms with E-state index in [0.29, 0.717) is 5.56 Å². The molecular weight excluding hydrogens is 557 g/mol. The maximum atomic E-state index is 8.64. The highest BCUT2D eigenvalue weighted by Crippen LogP contribution is 2.40. The molecule has 9 aromatic rings. The molecule has 0 N–H and O–H groups in total. The minimum absolute atomic E-state index is 0.00290. The molecule has 9 rings (SSSR count). The van der Waals surface area contributed by atoms with Crippen LogP contribution in [0.15, 0.2) is 145 Å². The summed E-state index contributed by atoms with van der Waals surface area (Å²) in [6.45, 7) is 0. The Morgan fingerprint density at radius 2 is 1.11 bits per heavy atom. The van der Waals surface area contributed by atoms with Gasteiger partial charge in [-0.25, -0.2) is 15.0 Å². The van der Waals surface area contributed by atoms with Crippen molar-refractivity contribution in [3.8, 4) is 39.9 Å². The quantitative estimate of drug-likeness (QED) is 0.205. The number of benzene rings is 6. The fraction of sp³-hybridized carbons (Fsp3) is 0. The minimum atomic E-state index is -0.599. The highest BCUT2D eigenvalue weighted by atomic mass is 32.1. The number of para-hydroxylation sites is 1. The number of aromatic nitrogens is 4. The van der Waals surface area contributed by atoms with Crippen molar-refractivity contribution >= 4 is 53.3 Å². The number of rotatable bonds is 4. The van der Waals surface area contributed by atoms with E-state index in [1.807, 2.05) is 48.5 Å². The van der Waals surface area contributed by atoms with Crippen molar-refractivity contribution in [1.29, 1.82) is 0 Å². The summed E-state index contributed by atoms with van der Waals surface area (Å²) in [4.78, 5) is 13.6. The van der Waals surface area contributed by atoms with Gasteiger partial charge in [0.1, 0.15) is 0 Å². The van der Waals surface area contributed by atoms with E-state index in [4.69, 9.17) is 13.7 Å². The number of hydrogen-bond acceptors (Lipinski definition) is 4. The third kappa shape index (κ3) is 4.02. The fourth-order valence-corrected chi connectivity index (χ4v) is 6.82. The molecule has 0 bridgehead atoms. The Bertz CT molecular complexity index is 2940. The van der Waals surface area contributed by atoms with Crippen LogP contribution >= 0.6 is 11.3 Å². The number of nitrogens with zero attached hydrogens (tertiary/aromatic N) is 4. The zero-order valence-electron chi connectivity index (χ0n) is 32.8. The van der Waals surface area contributed by atoms with Gasteiger partial charge in [0.2, 0.25) is 0 Å². The van der Waals surface area contributed by atoms with Crippen molar-refractivity contribution in [2.75, 3.05) is 0 Å². The molecule has 6 aromatic carbocycles. The zero-order chi connectivity index (χ0) is 37.7. The fourth-order valence-electron chi connectivity index (χ4n) is 5.70. The highest BCUT2D eigenvalue weighted by molar-refractivity contribution is 7.25. The molecule has 0 atom stereocenters. The van der Waals surface area contributed by atoms with Crippen LogP contribution in [-0.2, 0) is 0 Å². The summed E-state index contributed by atoms with van der Waals surface area (Å²) in [7, 11) is 0. The van der Waals surface area contributed by atoms with Crippen LogP contribution < -0.4 is 0 Å². The van der Waals surface area contributed by atoms with Crippen molar-refractivity contribution < 1.29 is 13.7 Å². The second-order valence-corrected chi connectivity index (χ2v) is 11.3. The SMILES string of the molecule is [2H]c1c([2H])c([2H])c(-c2nc(-c3cccc(-n4c5ccccc5c5cc6c(cc54)sc4ccccc46)c3)nc(-c3c([2H])c([2H])c([2H])c([2H])c3[2H])n2)c([2H])c1[2H]. The van der Waals surface area contributed by atoms with Gasteiger partial charge in [-0.3, -0.25) is 0 Å². The Morgan fingerprint density at radius 3 is 1.84 bits per heavy atom. The molecular formula is C39H24N4S. The van der Waals surface area contributed by atoms with E-state index in [0.717, 1.165) is 32.2 Å². The third-order valence-electron chi connectivity index (χ3n) is 7.62. The molecule has 0 unspecified atom stereocenters. The molecule has 0 aliphatic heterocycles. The van der Waals surface area contributed by atoms with Gasteiger partial charge in [-0.1, -0.05) is 109 Å². The first kappa shape index (κ1) is 16.8. The highest BCUT2D eigenvalue weighted by Gasteiger charge is 2.17. The van der Waals surface area contributed by atoms with Crippen LogP contribution in [0.3, 0.4) is 0 Å². The number of thiophene rings is 1. The van der Waals surface area contributed by atoms with Gasteiger partial charge in [-0.15, -0.1) is 11.3 Å². The van der Waals surface area contributed by atoms with Crippen molar-refractivity contribution in [3.05, 3.63) is 145 Å². The molecule has 0 fully saturated rings. The van der Waals surface area contributed by atoms with Gasteiger partial charge in [-0.05, 0) is 36.4 Å². The summed E-state index contributed by atoms with van der Waals surface area (Å²) in [6.07, 6.45) is 0. The van der Waals surface area contributed by atoms with Gasteiger partial charge in [0.25, 0.3) is 0 Å². The normalized spacial score (nSPS) is 14.8. The van der Waals surface area contributed by atoms with Gasteiger partial charge in [0, 0.05) is 53.3 Å². The van der Waals surface area contributed by atoms with Crippen molar-refractivity contribution in [2.45, 2.75) is 0 Å². The van der Waals surface area contributed by atoms with E-state index in [2.05, 4.69) is 49.9 Å². The van der Waals surface area contributed by atoms with E-state index in [-0.39, 0.29) is 28.6 Å². The lowest BCUT2D eigenvalue weighted by molar-refractivity contribution is 1.07. The lowest BCUT2D eigenvalue weighted by Gasteiger charge is -2.11. The van der Waals surface area contributed by atoms with E-state index >= 15 is 0 Å². The van der Waals surface area contributed by atoms with Gasteiger partial charge >= 0.3 is 0 Å². The third-order valence-corrected chi connectivity index (χ3v) is 8.75. The van der Waals surface area contributed by atoms with Crippen LogP contribution in [0.4, 0.5) is 0 Å². The first-order valence-electron chi connectivity index (χ1n) is 18.8. The molecule has 0 saturated heterocycles. The van der Waals surface area contributed by atoms with Crippen LogP contribution in [0.5, 0.6) is 0 Å². The first-order valence-corrected chi connectivity index (χ1v) is 14.6. The summed E-state index contributed by atoms with van der Waals surface area (Å²) < 4.78 is 88.4. The molecule has 44 heavy (non-hydrogen) atoms. The van der Waals surface area contributed by atoms with E-state index in [9.17, 15) is 0 Å². The molecule has 3 aromatic heterocycles. The molecule has 3 heterocycles. The van der Waals surface area contributed by atoms with Crippen LogP contribution in [-0.4, -0.2) is 19.5 Å². The van der Waals surface area contributed by atoms with Gasteiger partial charge < -0.3 is 4.57 Å². The van der Waals surface area contributed by atoms with Crippen molar-refractivity contribution in [1.82, 2.24) is 19.5 Å². The summed E-state index contributed by atoms with van der Waals surface area (Å²) in [6, 6.07) is 22.4. The Kier molecular flexibility index (Phi) is 3.82. The molecule has 0 radical (unpaired) electrons. The molecule has 4 nitrogen and oxygen atoms in total. The lowest BCUT2D eigenvalue weighted by atomic mass is 10.1. The Balaban J connectivity index is 1.31. The predicted octanol–water partition coefficient (Wildman–Crippen LogP) is 10.3. The lowest BCUT2D eigenvalue weighted by Crippen LogP contribution is -2.01. The molecule has 0 amide bonds. The number of hydrogen-bond donors (Lipinski definition) is 0. The van der Waals surface area contributed by atoms with Gasteiger partial charge in [0.15, 0.2) is 17.5 Å². The predicted molar refractivity (Wildman–Crippen MR) is 183 cm³/mol. The standard InChI is InChI=1S/C39H24N4S/c1-3-12-25(13-4-1)37-40-38(26-14-5-2-6-15-26)42-39(41-37)27-16-11-17-28(22-27)43-33-20-9-7-18-29(33)31-23-32-30-19-8-10-21-35(30)44-36(32)24-34(31)43/h1-24H/i1D,2D,3D,4D,5D,6D,12D,13D,14D,15D. The summed E-state index contributed by atoms with van der Waals surface area (Å²) in [5, 5.41) is 4.49. The molecule has 0 aliphatic rings. The monoisotopic (exact) mass is 590 g/mol. The topological polar surface area (TPSA) is 43.6 Å². The molecule has 0 saturated carbocycles. The average molecular weight is 591 g/mol. The van der Waals surface area contributed by atoms with E-state index in [1.54, 1.807) is 17.4 Å². The molecule has 0 aliphatic carbocycles. The number of fused-ring (bicyclic) bond motifs is 6. The van der Waals surface area contributed by atoms with Crippen LogP contribution in [0.2, 0.25) is 0 Å². The summed E-state index contributed by atoms with van der Waals surface area (Å²) >= 11 is 1.72. The van der Waals surface area contributed by atoms with E-state index < -0.39 is 60.4 Å². The second kappa shape index (κ2) is 9.97. The summed E-state index contributed by atoms with van der Waals surface area (Å²) in [5.41, 5.74) is 2.51. The second-order valence-electron chi connectivity index (χ2n) is 10.2. The Hall–Kier alpha value is -5.65. The maximum Gasteiger partial charge on any atom is 0.164 e. The molecule has 5 heteroatoms. The van der Waals surface area contributed by atoms with Crippen molar-refractivity contribution in [3.63, 3.8) is 0 Å². The largest absolute Gasteiger partial charge is 0.309 e.